The summed E-state index contributed by atoms with van der Waals surface area (Å²) in [5.41, 5.74) is 3.73. The van der Waals surface area contributed by atoms with E-state index in [1.54, 1.807) is 41.3 Å². The van der Waals surface area contributed by atoms with Gasteiger partial charge in [0.1, 0.15) is 5.82 Å². The minimum absolute atomic E-state index is 0.0992. The van der Waals surface area contributed by atoms with Crippen LogP contribution in [0.2, 0.25) is 5.02 Å². The number of carbonyl (C=O) groups excluding carboxylic acids is 1. The molecule has 0 radical (unpaired) electrons. The molecular formula is C23H18ClFN2O. The molecule has 1 aliphatic rings. The van der Waals surface area contributed by atoms with Crippen LogP contribution in [0.25, 0.3) is 0 Å². The molecule has 140 valence electrons. The Morgan fingerprint density at radius 3 is 2.46 bits per heavy atom. The second kappa shape index (κ2) is 7.56. The molecule has 1 heterocycles. The number of halogens is 2. The molecule has 3 aromatic rings. The molecule has 1 unspecified atom stereocenters. The van der Waals surface area contributed by atoms with E-state index in [2.05, 4.69) is 0 Å². The van der Waals surface area contributed by atoms with Gasteiger partial charge in [-0.25, -0.2) is 4.39 Å². The number of rotatable bonds is 2. The van der Waals surface area contributed by atoms with Crippen molar-refractivity contribution in [2.24, 2.45) is 4.99 Å². The van der Waals surface area contributed by atoms with Gasteiger partial charge in [-0.1, -0.05) is 41.9 Å². The first-order valence-electron chi connectivity index (χ1n) is 9.05. The standard InChI is InChI=1S/C23H18ClFN2O/c1-15-14-21(26-17-12-10-16(25)11-13-17)19-7-3-5-9-22(19)27(15)23(28)18-6-2-4-8-20(18)24/h2-13,15H,14H2,1H3. The molecule has 0 N–H and O–H groups in total. The Balaban J connectivity index is 1.78. The highest BCUT2D eigenvalue weighted by atomic mass is 35.5. The van der Waals surface area contributed by atoms with Crippen molar-refractivity contribution in [2.75, 3.05) is 4.90 Å². The van der Waals surface area contributed by atoms with Crippen molar-refractivity contribution in [1.82, 2.24) is 0 Å². The van der Waals surface area contributed by atoms with E-state index >= 15 is 0 Å². The summed E-state index contributed by atoms with van der Waals surface area (Å²) in [5, 5.41) is 0.433. The van der Waals surface area contributed by atoms with Crippen molar-refractivity contribution in [2.45, 2.75) is 19.4 Å². The number of nitrogens with zero attached hydrogens (tertiary/aromatic N) is 2. The van der Waals surface area contributed by atoms with Gasteiger partial charge in [-0.15, -0.1) is 0 Å². The number of aliphatic imine (C=N–C) groups is 1. The van der Waals surface area contributed by atoms with Gasteiger partial charge in [-0.2, -0.15) is 0 Å². The van der Waals surface area contributed by atoms with Crippen LogP contribution in [0.4, 0.5) is 15.8 Å². The number of para-hydroxylation sites is 1. The molecule has 1 amide bonds. The van der Waals surface area contributed by atoms with Gasteiger partial charge in [0, 0.05) is 18.0 Å². The van der Waals surface area contributed by atoms with Crippen LogP contribution in [0.1, 0.15) is 29.3 Å². The lowest BCUT2D eigenvalue weighted by Crippen LogP contribution is -2.44. The van der Waals surface area contributed by atoms with Gasteiger partial charge in [-0.05, 0) is 49.4 Å². The Morgan fingerprint density at radius 1 is 1.04 bits per heavy atom. The Hall–Kier alpha value is -2.98. The van der Waals surface area contributed by atoms with Crippen LogP contribution in [0, 0.1) is 5.82 Å². The highest BCUT2D eigenvalue weighted by Gasteiger charge is 2.32. The van der Waals surface area contributed by atoms with Crippen LogP contribution in [-0.4, -0.2) is 17.7 Å². The summed E-state index contributed by atoms with van der Waals surface area (Å²) in [4.78, 5) is 19.8. The number of benzene rings is 3. The molecule has 0 fully saturated rings. The van der Waals surface area contributed by atoms with Gasteiger partial charge in [0.15, 0.2) is 0 Å². The lowest BCUT2D eigenvalue weighted by molar-refractivity contribution is 0.0978. The van der Waals surface area contributed by atoms with Gasteiger partial charge in [0.2, 0.25) is 0 Å². The molecule has 1 atom stereocenters. The van der Waals surface area contributed by atoms with Crippen molar-refractivity contribution >= 4 is 34.6 Å². The SMILES string of the molecule is CC1CC(=Nc2ccc(F)cc2)c2ccccc2N1C(=O)c1ccccc1Cl. The predicted molar refractivity (Wildman–Crippen MR) is 111 cm³/mol. The topological polar surface area (TPSA) is 32.7 Å². The van der Waals surface area contributed by atoms with E-state index in [0.29, 0.717) is 22.7 Å². The average Bonchev–Trinajstić information content (AvgIpc) is 2.70. The Kier molecular flexibility index (Phi) is 4.97. The molecule has 0 saturated carbocycles. The fourth-order valence-corrected chi connectivity index (χ4v) is 3.71. The number of fused-ring (bicyclic) bond motifs is 1. The lowest BCUT2D eigenvalue weighted by atomic mass is 9.93. The predicted octanol–water partition coefficient (Wildman–Crippen LogP) is 6.04. The quantitative estimate of drug-likeness (QED) is 0.523. The Morgan fingerprint density at radius 2 is 1.71 bits per heavy atom. The number of anilines is 1. The molecule has 0 bridgehead atoms. The molecule has 3 aromatic carbocycles. The Labute approximate surface area is 168 Å². The van der Waals surface area contributed by atoms with Crippen LogP contribution in [-0.2, 0) is 0 Å². The van der Waals surface area contributed by atoms with E-state index in [9.17, 15) is 9.18 Å². The van der Waals surface area contributed by atoms with E-state index in [-0.39, 0.29) is 17.8 Å². The van der Waals surface area contributed by atoms with Gasteiger partial charge in [0.25, 0.3) is 5.91 Å². The van der Waals surface area contributed by atoms with Crippen molar-refractivity contribution in [3.63, 3.8) is 0 Å². The number of hydrogen-bond acceptors (Lipinski definition) is 2. The van der Waals surface area contributed by atoms with E-state index in [0.717, 1.165) is 17.0 Å². The van der Waals surface area contributed by atoms with Crippen molar-refractivity contribution in [1.29, 1.82) is 0 Å². The third kappa shape index (κ3) is 3.43. The van der Waals surface area contributed by atoms with Crippen molar-refractivity contribution < 1.29 is 9.18 Å². The third-order valence-corrected chi connectivity index (χ3v) is 5.15. The minimum Gasteiger partial charge on any atom is -0.304 e. The minimum atomic E-state index is -0.294. The molecular weight excluding hydrogens is 375 g/mol. The summed E-state index contributed by atoms with van der Waals surface area (Å²) >= 11 is 6.26. The first kappa shape index (κ1) is 18.4. The lowest BCUT2D eigenvalue weighted by Gasteiger charge is -2.36. The average molecular weight is 393 g/mol. The summed E-state index contributed by atoms with van der Waals surface area (Å²) in [6, 6.07) is 20.8. The van der Waals surface area contributed by atoms with Crippen LogP contribution in [0.15, 0.2) is 77.8 Å². The molecule has 0 saturated heterocycles. The summed E-state index contributed by atoms with van der Waals surface area (Å²) in [6.45, 7) is 1.99. The highest BCUT2D eigenvalue weighted by Crippen LogP contribution is 2.34. The summed E-state index contributed by atoms with van der Waals surface area (Å²) in [5.74, 6) is -0.427. The highest BCUT2D eigenvalue weighted by molar-refractivity contribution is 6.34. The largest absolute Gasteiger partial charge is 0.304 e. The summed E-state index contributed by atoms with van der Waals surface area (Å²) in [7, 11) is 0. The van der Waals surface area contributed by atoms with Crippen molar-refractivity contribution in [3.8, 4) is 0 Å². The normalized spacial score (nSPS) is 17.5. The first-order valence-corrected chi connectivity index (χ1v) is 9.43. The maximum absolute atomic E-state index is 13.3. The monoisotopic (exact) mass is 392 g/mol. The maximum atomic E-state index is 13.3. The molecule has 5 heteroatoms. The number of hydrogen-bond donors (Lipinski definition) is 0. The zero-order valence-corrected chi connectivity index (χ0v) is 16.0. The second-order valence-corrected chi connectivity index (χ2v) is 7.17. The number of carbonyl (C=O) groups is 1. The smallest absolute Gasteiger partial charge is 0.260 e. The molecule has 0 aromatic heterocycles. The van der Waals surface area contributed by atoms with Gasteiger partial charge in [-0.3, -0.25) is 9.79 Å². The molecule has 1 aliphatic heterocycles. The van der Waals surface area contributed by atoms with E-state index in [1.807, 2.05) is 31.2 Å². The first-order chi connectivity index (χ1) is 13.5. The zero-order chi connectivity index (χ0) is 19.7. The van der Waals surface area contributed by atoms with Crippen LogP contribution in [0.5, 0.6) is 0 Å². The van der Waals surface area contributed by atoms with Crippen LogP contribution in [0.3, 0.4) is 0 Å². The third-order valence-electron chi connectivity index (χ3n) is 4.82. The second-order valence-electron chi connectivity index (χ2n) is 6.76. The fraction of sp³-hybridized carbons (Fsp3) is 0.130. The fourth-order valence-electron chi connectivity index (χ4n) is 3.50. The molecule has 0 aliphatic carbocycles. The number of amides is 1. The molecule has 4 rings (SSSR count). The van der Waals surface area contributed by atoms with Gasteiger partial charge < -0.3 is 4.90 Å². The van der Waals surface area contributed by atoms with Crippen LogP contribution < -0.4 is 4.90 Å². The van der Waals surface area contributed by atoms with E-state index in [4.69, 9.17) is 16.6 Å². The van der Waals surface area contributed by atoms with Gasteiger partial charge in [0.05, 0.1) is 27.7 Å². The van der Waals surface area contributed by atoms with Gasteiger partial charge >= 0.3 is 0 Å². The molecule has 28 heavy (non-hydrogen) atoms. The molecule has 0 spiro atoms. The summed E-state index contributed by atoms with van der Waals surface area (Å²) in [6.07, 6.45) is 0.588. The van der Waals surface area contributed by atoms with Crippen molar-refractivity contribution in [3.05, 3.63) is 94.8 Å². The summed E-state index contributed by atoms with van der Waals surface area (Å²) < 4.78 is 13.2. The van der Waals surface area contributed by atoms with E-state index in [1.165, 1.54) is 12.1 Å². The Bertz CT molecular complexity index is 1060. The maximum Gasteiger partial charge on any atom is 0.260 e. The van der Waals surface area contributed by atoms with E-state index < -0.39 is 0 Å². The zero-order valence-electron chi connectivity index (χ0n) is 15.3. The molecule has 3 nitrogen and oxygen atoms in total. The van der Waals surface area contributed by atoms with Crippen LogP contribution >= 0.6 is 11.6 Å².